The topological polar surface area (TPSA) is 154 Å². The van der Waals surface area contributed by atoms with Gasteiger partial charge in [0.05, 0.1) is 19.2 Å². The molecule has 4 N–H and O–H groups in total. The number of benzene rings is 1. The third-order valence-corrected chi connectivity index (χ3v) is 4.85. The van der Waals surface area contributed by atoms with Gasteiger partial charge in [0.25, 0.3) is 0 Å². The van der Waals surface area contributed by atoms with Crippen molar-refractivity contribution in [1.29, 1.82) is 0 Å². The number of ether oxygens (including phenoxy) is 2. The fraction of sp³-hybridized carbons (Fsp3) is 0.500. The van der Waals surface area contributed by atoms with E-state index in [4.69, 9.17) is 10.5 Å². The quantitative estimate of drug-likeness (QED) is 0.299. The van der Waals surface area contributed by atoms with Crippen molar-refractivity contribution in [2.45, 2.75) is 45.5 Å². The Morgan fingerprint density at radius 1 is 1.03 bits per heavy atom. The van der Waals surface area contributed by atoms with Crippen LogP contribution in [0.4, 0.5) is 9.18 Å². The Labute approximate surface area is 191 Å². The lowest BCUT2D eigenvalue weighted by Gasteiger charge is -2.26. The van der Waals surface area contributed by atoms with E-state index in [9.17, 15) is 28.4 Å². The summed E-state index contributed by atoms with van der Waals surface area (Å²) in [6.07, 6.45) is -0.838. The van der Waals surface area contributed by atoms with Gasteiger partial charge >= 0.3 is 12.1 Å². The van der Waals surface area contributed by atoms with Crippen LogP contribution in [0.5, 0.6) is 0 Å². The molecule has 0 saturated heterocycles. The van der Waals surface area contributed by atoms with Gasteiger partial charge in [-0.15, -0.1) is 0 Å². The number of hydrogen-bond donors (Lipinski definition) is 3. The number of alkyl carbamates (subject to hydrolysis) is 1. The SMILES string of the molecule is COC(=O)C(C(=O)[C@H](C)NC(=O)[C@@H](NC(=O)OCc1ccccc1)C(C)C)[C@H](N)C(=O)CF. The van der Waals surface area contributed by atoms with Crippen LogP contribution in [0.25, 0.3) is 0 Å². The van der Waals surface area contributed by atoms with Crippen LogP contribution in [0.2, 0.25) is 0 Å². The molecule has 11 heteroatoms. The number of carbonyl (C=O) groups excluding carboxylic acids is 5. The van der Waals surface area contributed by atoms with Crippen molar-refractivity contribution < 1.29 is 37.8 Å². The average molecular weight is 467 g/mol. The second-order valence-corrected chi connectivity index (χ2v) is 7.69. The zero-order valence-electron chi connectivity index (χ0n) is 19.0. The van der Waals surface area contributed by atoms with Crippen molar-refractivity contribution in [3.8, 4) is 0 Å². The van der Waals surface area contributed by atoms with E-state index >= 15 is 0 Å². The maximum atomic E-state index is 12.7. The summed E-state index contributed by atoms with van der Waals surface area (Å²) in [6.45, 7) is 3.14. The van der Waals surface area contributed by atoms with E-state index in [-0.39, 0.29) is 12.5 Å². The number of nitrogens with one attached hydrogen (secondary N) is 2. The van der Waals surface area contributed by atoms with Crippen molar-refractivity contribution in [1.82, 2.24) is 10.6 Å². The second kappa shape index (κ2) is 13.3. The summed E-state index contributed by atoms with van der Waals surface area (Å²) in [6, 6.07) is 4.80. The van der Waals surface area contributed by atoms with Crippen LogP contribution in [0, 0.1) is 11.8 Å². The molecular formula is C22H30FN3O7. The van der Waals surface area contributed by atoms with Crippen molar-refractivity contribution in [2.24, 2.45) is 17.6 Å². The fourth-order valence-electron chi connectivity index (χ4n) is 2.91. The summed E-state index contributed by atoms with van der Waals surface area (Å²) < 4.78 is 22.3. The van der Waals surface area contributed by atoms with Crippen molar-refractivity contribution in [3.05, 3.63) is 35.9 Å². The zero-order valence-corrected chi connectivity index (χ0v) is 19.0. The average Bonchev–Trinajstić information content (AvgIpc) is 2.80. The molecular weight excluding hydrogens is 437 g/mol. The van der Waals surface area contributed by atoms with Gasteiger partial charge in [-0.3, -0.25) is 19.2 Å². The molecule has 10 nitrogen and oxygen atoms in total. The Hall–Kier alpha value is -3.34. The molecule has 33 heavy (non-hydrogen) atoms. The molecule has 182 valence electrons. The molecule has 1 unspecified atom stereocenters. The van der Waals surface area contributed by atoms with Crippen LogP contribution in [-0.4, -0.2) is 61.4 Å². The number of ketones is 2. The molecule has 1 aromatic carbocycles. The van der Waals surface area contributed by atoms with Crippen LogP contribution in [-0.2, 0) is 35.3 Å². The minimum Gasteiger partial charge on any atom is -0.468 e. The summed E-state index contributed by atoms with van der Waals surface area (Å²) in [4.78, 5) is 61.2. The Balaban J connectivity index is 2.83. The highest BCUT2D eigenvalue weighted by Crippen LogP contribution is 2.12. The highest BCUT2D eigenvalue weighted by atomic mass is 19.1. The maximum absolute atomic E-state index is 12.7. The zero-order chi connectivity index (χ0) is 25.1. The van der Waals surface area contributed by atoms with E-state index in [0.29, 0.717) is 0 Å². The van der Waals surface area contributed by atoms with Crippen LogP contribution in [0.1, 0.15) is 26.3 Å². The highest BCUT2D eigenvalue weighted by molar-refractivity contribution is 6.08. The van der Waals surface area contributed by atoms with E-state index in [1.165, 1.54) is 6.92 Å². The van der Waals surface area contributed by atoms with Crippen molar-refractivity contribution >= 4 is 29.5 Å². The summed E-state index contributed by atoms with van der Waals surface area (Å²) in [5.41, 5.74) is 6.33. The van der Waals surface area contributed by atoms with Gasteiger partial charge in [-0.05, 0) is 18.4 Å². The lowest BCUT2D eigenvalue weighted by molar-refractivity contribution is -0.153. The summed E-state index contributed by atoms with van der Waals surface area (Å²) in [7, 11) is 0.984. The number of esters is 1. The first kappa shape index (κ1) is 27.7. The third-order valence-electron chi connectivity index (χ3n) is 4.85. The lowest BCUT2D eigenvalue weighted by Crippen LogP contribution is -2.56. The van der Waals surface area contributed by atoms with Crippen LogP contribution in [0.3, 0.4) is 0 Å². The van der Waals surface area contributed by atoms with Crippen molar-refractivity contribution in [3.63, 3.8) is 0 Å². The molecule has 2 amide bonds. The predicted octanol–water partition coefficient (Wildman–Crippen LogP) is 0.666. The second-order valence-electron chi connectivity index (χ2n) is 7.69. The molecule has 0 saturated carbocycles. The first-order valence-corrected chi connectivity index (χ1v) is 10.3. The maximum Gasteiger partial charge on any atom is 0.408 e. The number of alkyl halides is 1. The molecule has 0 aliphatic heterocycles. The first-order valence-electron chi connectivity index (χ1n) is 10.3. The normalized spacial score (nSPS) is 14.4. The number of carbonyl (C=O) groups is 5. The molecule has 1 aromatic rings. The van der Waals surface area contributed by atoms with E-state index in [1.807, 2.05) is 6.07 Å². The lowest BCUT2D eigenvalue weighted by atomic mass is 9.89. The van der Waals surface area contributed by atoms with Gasteiger partial charge in [0.2, 0.25) is 5.91 Å². The van der Waals surface area contributed by atoms with Gasteiger partial charge in [-0.25, -0.2) is 9.18 Å². The van der Waals surface area contributed by atoms with Gasteiger partial charge < -0.3 is 25.8 Å². The predicted molar refractivity (Wildman–Crippen MR) is 115 cm³/mol. The number of halogens is 1. The van der Waals surface area contributed by atoms with Gasteiger partial charge in [0.1, 0.15) is 25.2 Å². The summed E-state index contributed by atoms with van der Waals surface area (Å²) >= 11 is 0. The Kier molecular flexibility index (Phi) is 11.1. The minimum atomic E-state index is -1.80. The molecule has 0 aromatic heterocycles. The minimum absolute atomic E-state index is 0.00467. The van der Waals surface area contributed by atoms with Crippen LogP contribution < -0.4 is 16.4 Å². The molecule has 0 fully saturated rings. The van der Waals surface area contributed by atoms with Gasteiger partial charge in [0.15, 0.2) is 11.6 Å². The fourth-order valence-corrected chi connectivity index (χ4v) is 2.91. The van der Waals surface area contributed by atoms with Gasteiger partial charge in [-0.1, -0.05) is 44.2 Å². The van der Waals surface area contributed by atoms with Crippen molar-refractivity contribution in [2.75, 3.05) is 13.8 Å². The van der Waals surface area contributed by atoms with E-state index in [1.54, 1.807) is 38.1 Å². The number of amides is 2. The largest absolute Gasteiger partial charge is 0.468 e. The Bertz CT molecular complexity index is 848. The number of nitrogens with two attached hydrogens (primary N) is 1. The first-order chi connectivity index (χ1) is 15.5. The van der Waals surface area contributed by atoms with Gasteiger partial charge in [-0.2, -0.15) is 0 Å². The van der Waals surface area contributed by atoms with Crippen LogP contribution >= 0.6 is 0 Å². The molecule has 0 heterocycles. The smallest absolute Gasteiger partial charge is 0.408 e. The van der Waals surface area contributed by atoms with Crippen LogP contribution in [0.15, 0.2) is 30.3 Å². The van der Waals surface area contributed by atoms with E-state index in [2.05, 4.69) is 15.4 Å². The Morgan fingerprint density at radius 2 is 1.64 bits per heavy atom. The highest BCUT2D eigenvalue weighted by Gasteiger charge is 2.40. The molecule has 0 aliphatic rings. The Morgan fingerprint density at radius 3 is 2.15 bits per heavy atom. The number of rotatable bonds is 12. The number of Topliss-reactive ketones (excluding diaryl/α,β-unsaturated/α-hetero) is 2. The number of hydrogen-bond acceptors (Lipinski definition) is 8. The number of methoxy groups -OCH3 is 1. The molecule has 4 atom stereocenters. The van der Waals surface area contributed by atoms with Gasteiger partial charge in [0, 0.05) is 0 Å². The third kappa shape index (κ3) is 8.26. The monoisotopic (exact) mass is 467 g/mol. The molecule has 0 radical (unpaired) electrons. The van der Waals surface area contributed by atoms with E-state index in [0.717, 1.165) is 12.7 Å². The standard InChI is InChI=1S/C22H30FN3O7/c1-12(2)18(26-22(31)33-11-14-8-6-5-7-9-14)20(29)25-13(3)19(28)16(21(30)32-4)17(24)15(27)10-23/h5-9,12-13,16-18H,10-11,24H2,1-4H3,(H,25,29)(H,26,31)/t13-,16?,17+,18-/m0/s1. The molecule has 0 spiro atoms. The molecule has 0 aliphatic carbocycles. The molecule has 0 bridgehead atoms. The molecule has 1 rings (SSSR count). The van der Waals surface area contributed by atoms with E-state index < -0.39 is 60.3 Å². The summed E-state index contributed by atoms with van der Waals surface area (Å²) in [5, 5.41) is 4.82. The summed E-state index contributed by atoms with van der Waals surface area (Å²) in [5.74, 6) is -6.12.